The molecule has 31 heavy (non-hydrogen) atoms. The molecule has 2 heterocycles. The second-order valence-electron chi connectivity index (χ2n) is 7.47. The molecule has 3 heteroatoms. The first-order valence-corrected chi connectivity index (χ1v) is 11.1. The highest BCUT2D eigenvalue weighted by Gasteiger charge is 2.15. The molecule has 0 aliphatic carbocycles. The van der Waals surface area contributed by atoms with Gasteiger partial charge in [-0.25, -0.2) is 9.97 Å². The minimum absolute atomic E-state index is 0.759. The van der Waals surface area contributed by atoms with Crippen molar-refractivity contribution in [1.82, 2.24) is 9.97 Å². The van der Waals surface area contributed by atoms with Gasteiger partial charge in [0.2, 0.25) is 0 Å². The molecule has 0 saturated carbocycles. The van der Waals surface area contributed by atoms with E-state index in [0.29, 0.717) is 0 Å². The Hall–Kier alpha value is -3.82. The van der Waals surface area contributed by atoms with E-state index in [1.807, 2.05) is 47.7 Å². The molecule has 0 spiro atoms. The van der Waals surface area contributed by atoms with Crippen molar-refractivity contribution >= 4 is 31.5 Å². The van der Waals surface area contributed by atoms with E-state index in [9.17, 15) is 0 Å². The normalized spacial score (nSPS) is 11.2. The Morgan fingerprint density at radius 3 is 1.77 bits per heavy atom. The van der Waals surface area contributed by atoms with Crippen LogP contribution in [0.4, 0.5) is 0 Å². The van der Waals surface area contributed by atoms with Crippen LogP contribution < -0.4 is 0 Å². The van der Waals surface area contributed by atoms with Crippen LogP contribution in [0, 0.1) is 0 Å². The van der Waals surface area contributed by atoms with Gasteiger partial charge in [-0.2, -0.15) is 0 Å². The Labute approximate surface area is 184 Å². The summed E-state index contributed by atoms with van der Waals surface area (Å²) in [5, 5.41) is 2.49. The van der Waals surface area contributed by atoms with Crippen molar-refractivity contribution in [3.05, 3.63) is 109 Å². The number of thiophene rings is 1. The van der Waals surface area contributed by atoms with Crippen molar-refractivity contribution in [1.29, 1.82) is 0 Å². The van der Waals surface area contributed by atoms with E-state index < -0.39 is 0 Å². The van der Waals surface area contributed by atoms with Crippen LogP contribution in [0.2, 0.25) is 0 Å². The highest BCUT2D eigenvalue weighted by atomic mass is 32.1. The van der Waals surface area contributed by atoms with Gasteiger partial charge >= 0.3 is 0 Å². The van der Waals surface area contributed by atoms with E-state index >= 15 is 0 Å². The summed E-state index contributed by atoms with van der Waals surface area (Å²) >= 11 is 1.82. The van der Waals surface area contributed by atoms with Crippen molar-refractivity contribution in [2.45, 2.75) is 0 Å². The van der Waals surface area contributed by atoms with Crippen LogP contribution >= 0.6 is 11.3 Å². The molecule has 0 amide bonds. The molecule has 0 bridgehead atoms. The Morgan fingerprint density at radius 1 is 0.516 bits per heavy atom. The lowest BCUT2D eigenvalue weighted by molar-refractivity contribution is 1.19. The van der Waals surface area contributed by atoms with Crippen LogP contribution in [0.1, 0.15) is 0 Å². The lowest BCUT2D eigenvalue weighted by Gasteiger charge is -2.10. The molecular formula is C28H18N2S. The van der Waals surface area contributed by atoms with Gasteiger partial charge in [-0.3, -0.25) is 0 Å². The minimum Gasteiger partial charge on any atom is -0.228 e. The topological polar surface area (TPSA) is 25.8 Å². The Bertz CT molecular complexity index is 1460. The van der Waals surface area contributed by atoms with Crippen LogP contribution in [0.15, 0.2) is 109 Å². The van der Waals surface area contributed by atoms with Gasteiger partial charge in [0, 0.05) is 36.9 Å². The highest BCUT2D eigenvalue weighted by molar-refractivity contribution is 7.25. The van der Waals surface area contributed by atoms with E-state index in [1.165, 1.54) is 20.2 Å². The monoisotopic (exact) mass is 414 g/mol. The standard InChI is InChI=1S/C28H18N2S/c1-3-10-19(11-4-1)23-18-24(20-12-5-2-6-13-20)30-28(29-23)22-15-9-17-26-27(22)21-14-7-8-16-25(21)31-26/h1-18H. The molecule has 0 unspecified atom stereocenters. The summed E-state index contributed by atoms with van der Waals surface area (Å²) in [6.07, 6.45) is 0. The zero-order chi connectivity index (χ0) is 20.6. The van der Waals surface area contributed by atoms with Crippen LogP contribution in [0.25, 0.3) is 54.1 Å². The van der Waals surface area contributed by atoms with Gasteiger partial charge in [0.25, 0.3) is 0 Å². The zero-order valence-electron chi connectivity index (χ0n) is 16.7. The second-order valence-corrected chi connectivity index (χ2v) is 8.55. The molecule has 4 aromatic carbocycles. The van der Waals surface area contributed by atoms with E-state index in [-0.39, 0.29) is 0 Å². The van der Waals surface area contributed by atoms with Gasteiger partial charge in [0.1, 0.15) is 0 Å². The molecular weight excluding hydrogens is 396 g/mol. The van der Waals surface area contributed by atoms with Crippen LogP contribution in [-0.4, -0.2) is 9.97 Å². The van der Waals surface area contributed by atoms with E-state index in [2.05, 4.69) is 72.8 Å². The second kappa shape index (κ2) is 7.46. The van der Waals surface area contributed by atoms with Crippen molar-refractivity contribution in [2.75, 3.05) is 0 Å². The average Bonchev–Trinajstić information content (AvgIpc) is 3.24. The lowest BCUT2D eigenvalue weighted by atomic mass is 10.0. The Balaban J connectivity index is 1.66. The van der Waals surface area contributed by atoms with Gasteiger partial charge in [-0.15, -0.1) is 11.3 Å². The van der Waals surface area contributed by atoms with Crippen molar-refractivity contribution in [3.8, 4) is 33.9 Å². The van der Waals surface area contributed by atoms with Gasteiger partial charge in [0.15, 0.2) is 5.82 Å². The van der Waals surface area contributed by atoms with Gasteiger partial charge < -0.3 is 0 Å². The SMILES string of the molecule is c1ccc(-c2cc(-c3ccccc3)nc(-c3cccc4sc5ccccc5c34)n2)cc1. The van der Waals surface area contributed by atoms with Gasteiger partial charge in [0.05, 0.1) is 11.4 Å². The number of aromatic nitrogens is 2. The number of hydrogen-bond acceptors (Lipinski definition) is 3. The summed E-state index contributed by atoms with van der Waals surface area (Å²) in [7, 11) is 0. The summed E-state index contributed by atoms with van der Waals surface area (Å²) in [6.45, 7) is 0. The van der Waals surface area contributed by atoms with Crippen LogP contribution in [0.3, 0.4) is 0 Å². The fraction of sp³-hybridized carbons (Fsp3) is 0. The first-order valence-electron chi connectivity index (χ1n) is 10.3. The summed E-state index contributed by atoms with van der Waals surface area (Å²) in [6, 6.07) is 37.7. The van der Waals surface area contributed by atoms with Crippen LogP contribution in [-0.2, 0) is 0 Å². The molecule has 2 aromatic heterocycles. The Morgan fingerprint density at radius 2 is 1.10 bits per heavy atom. The van der Waals surface area contributed by atoms with Crippen molar-refractivity contribution in [2.24, 2.45) is 0 Å². The molecule has 0 aliphatic rings. The highest BCUT2D eigenvalue weighted by Crippen LogP contribution is 2.39. The molecule has 0 fully saturated rings. The summed E-state index contributed by atoms with van der Waals surface area (Å²) in [5.41, 5.74) is 5.11. The molecule has 6 aromatic rings. The van der Waals surface area contributed by atoms with Crippen molar-refractivity contribution < 1.29 is 0 Å². The summed E-state index contributed by atoms with van der Waals surface area (Å²) < 4.78 is 2.54. The number of nitrogens with zero attached hydrogens (tertiary/aromatic N) is 2. The van der Waals surface area contributed by atoms with E-state index in [0.717, 1.165) is 33.9 Å². The number of benzene rings is 4. The first-order chi connectivity index (χ1) is 15.4. The average molecular weight is 415 g/mol. The number of hydrogen-bond donors (Lipinski definition) is 0. The van der Waals surface area contributed by atoms with Gasteiger partial charge in [-0.05, 0) is 18.2 Å². The summed E-state index contributed by atoms with van der Waals surface area (Å²) in [5.74, 6) is 0.759. The maximum Gasteiger partial charge on any atom is 0.161 e. The lowest BCUT2D eigenvalue weighted by Crippen LogP contribution is -1.96. The zero-order valence-corrected chi connectivity index (χ0v) is 17.5. The quantitative estimate of drug-likeness (QED) is 0.295. The summed E-state index contributed by atoms with van der Waals surface area (Å²) in [4.78, 5) is 10.1. The molecule has 0 N–H and O–H groups in total. The van der Waals surface area contributed by atoms with Crippen LogP contribution in [0.5, 0.6) is 0 Å². The number of fused-ring (bicyclic) bond motifs is 3. The molecule has 0 radical (unpaired) electrons. The first kappa shape index (κ1) is 18.0. The third-order valence-corrected chi connectivity index (χ3v) is 6.64. The molecule has 0 atom stereocenters. The fourth-order valence-electron chi connectivity index (χ4n) is 4.04. The molecule has 146 valence electrons. The minimum atomic E-state index is 0.759. The van der Waals surface area contributed by atoms with Gasteiger partial charge in [-0.1, -0.05) is 91.0 Å². The molecule has 2 nitrogen and oxygen atoms in total. The molecule has 0 saturated heterocycles. The smallest absolute Gasteiger partial charge is 0.161 e. The predicted molar refractivity (Wildman–Crippen MR) is 131 cm³/mol. The molecule has 6 rings (SSSR count). The van der Waals surface area contributed by atoms with Crippen molar-refractivity contribution in [3.63, 3.8) is 0 Å². The maximum atomic E-state index is 5.03. The number of rotatable bonds is 3. The third kappa shape index (κ3) is 3.20. The predicted octanol–water partition coefficient (Wildman–Crippen LogP) is 7.85. The largest absolute Gasteiger partial charge is 0.228 e. The van der Waals surface area contributed by atoms with E-state index in [4.69, 9.17) is 9.97 Å². The Kier molecular flexibility index (Phi) is 4.33. The maximum absolute atomic E-state index is 5.03. The third-order valence-electron chi connectivity index (χ3n) is 5.51. The fourth-order valence-corrected chi connectivity index (χ4v) is 5.17. The molecule has 0 aliphatic heterocycles. The van der Waals surface area contributed by atoms with E-state index in [1.54, 1.807) is 0 Å².